The molecule has 108 valence electrons. The van der Waals surface area contributed by atoms with E-state index in [0.29, 0.717) is 22.4 Å². The lowest BCUT2D eigenvalue weighted by Gasteiger charge is -2.12. The maximum absolute atomic E-state index is 11.2. The molecule has 0 saturated carbocycles. The lowest BCUT2D eigenvalue weighted by molar-refractivity contribution is -0.384. The number of benzene rings is 1. The highest BCUT2D eigenvalue weighted by Gasteiger charge is 2.23. The fourth-order valence-electron chi connectivity index (χ4n) is 2.12. The molecule has 0 aliphatic heterocycles. The van der Waals surface area contributed by atoms with Crippen LogP contribution in [0.5, 0.6) is 5.75 Å². The van der Waals surface area contributed by atoms with E-state index >= 15 is 0 Å². The molecule has 7 nitrogen and oxygen atoms in total. The van der Waals surface area contributed by atoms with Gasteiger partial charge in [-0.05, 0) is 26.0 Å². The zero-order chi connectivity index (χ0) is 15.6. The molecule has 0 bridgehead atoms. The van der Waals surface area contributed by atoms with Crippen LogP contribution in [0, 0.1) is 24.0 Å². The summed E-state index contributed by atoms with van der Waals surface area (Å²) in [6.45, 7) is 3.30. The number of ether oxygens (including phenoxy) is 1. The Balaban J connectivity index is 2.74. The average molecular weight is 288 g/mol. The predicted molar refractivity (Wildman–Crippen MR) is 74.5 cm³/mol. The van der Waals surface area contributed by atoms with Crippen molar-refractivity contribution in [1.82, 2.24) is 4.98 Å². The Morgan fingerprint density at radius 1 is 1.33 bits per heavy atom. The maximum Gasteiger partial charge on any atom is 0.511 e. The van der Waals surface area contributed by atoms with Crippen molar-refractivity contribution < 1.29 is 19.6 Å². The van der Waals surface area contributed by atoms with E-state index in [9.17, 15) is 14.9 Å². The number of hydrogen-bond donors (Lipinski definition) is 1. The average Bonchev–Trinajstić information content (AvgIpc) is 2.41. The molecule has 0 saturated heterocycles. The number of carboxylic acid groups (broad SMARTS) is 1. The van der Waals surface area contributed by atoms with Gasteiger partial charge in [0, 0.05) is 29.1 Å². The third-order valence-electron chi connectivity index (χ3n) is 3.06. The topological polar surface area (TPSA) is 103 Å². The molecule has 0 unspecified atom stereocenters. The highest BCUT2D eigenvalue weighted by Crippen LogP contribution is 2.38. The van der Waals surface area contributed by atoms with Gasteiger partial charge in [-0.2, -0.15) is 0 Å². The zero-order valence-corrected chi connectivity index (χ0v) is 11.4. The summed E-state index contributed by atoms with van der Waals surface area (Å²) in [5.74, 6) is 0.0614. The van der Waals surface area contributed by atoms with Crippen LogP contribution >= 0.6 is 0 Å². The number of pyridine rings is 1. The van der Waals surface area contributed by atoms with Crippen molar-refractivity contribution in [2.45, 2.75) is 13.8 Å². The number of nitro groups is 1. The first-order valence-electron chi connectivity index (χ1n) is 6.02. The van der Waals surface area contributed by atoms with Crippen molar-refractivity contribution in [2.24, 2.45) is 0 Å². The number of nitro benzene ring substituents is 1. The van der Waals surface area contributed by atoms with Gasteiger partial charge in [-0.25, -0.2) is 4.79 Å². The van der Waals surface area contributed by atoms with Gasteiger partial charge in [-0.15, -0.1) is 0 Å². The first kappa shape index (κ1) is 14.4. The van der Waals surface area contributed by atoms with E-state index in [1.165, 1.54) is 12.1 Å². The van der Waals surface area contributed by atoms with Gasteiger partial charge in [0.05, 0.1) is 10.5 Å². The van der Waals surface area contributed by atoms with Crippen molar-refractivity contribution in [3.05, 3.63) is 51.8 Å². The highest BCUT2D eigenvalue weighted by molar-refractivity contribution is 5.81. The molecule has 0 radical (unpaired) electrons. The van der Waals surface area contributed by atoms with Gasteiger partial charge in [0.2, 0.25) is 0 Å². The Kier molecular flexibility index (Phi) is 3.84. The van der Waals surface area contributed by atoms with Crippen LogP contribution in [0.2, 0.25) is 0 Å². The van der Waals surface area contributed by atoms with Crippen molar-refractivity contribution in [2.75, 3.05) is 0 Å². The number of nitrogens with zero attached hydrogens (tertiary/aromatic N) is 2. The molecule has 2 rings (SSSR count). The molecule has 0 aliphatic carbocycles. The largest absolute Gasteiger partial charge is 0.511 e. The molecule has 0 amide bonds. The van der Waals surface area contributed by atoms with Crippen LogP contribution in [0.3, 0.4) is 0 Å². The summed E-state index contributed by atoms with van der Waals surface area (Å²) in [5, 5.41) is 19.9. The molecule has 1 aromatic carbocycles. The predicted octanol–water partition coefficient (Wildman–Crippen LogP) is 3.33. The number of aryl methyl sites for hydroxylation is 1. The molecule has 0 spiro atoms. The van der Waals surface area contributed by atoms with Crippen LogP contribution in [0.25, 0.3) is 11.1 Å². The molecule has 7 heteroatoms. The van der Waals surface area contributed by atoms with Crippen LogP contribution < -0.4 is 4.74 Å². The summed E-state index contributed by atoms with van der Waals surface area (Å²) in [6, 6.07) is 5.86. The summed E-state index contributed by atoms with van der Waals surface area (Å²) in [6.07, 6.45) is 0.109. The SMILES string of the molecule is Cc1ncccc1-c1c([N+](=O)[O-])ccc(OC(=O)O)c1C. The van der Waals surface area contributed by atoms with Gasteiger partial charge in [0.1, 0.15) is 5.75 Å². The molecule has 2 aromatic rings. The van der Waals surface area contributed by atoms with E-state index in [1.807, 2.05) is 0 Å². The standard InChI is InChI=1S/C14H12N2O5/c1-8-12(21-14(17)18)6-5-11(16(19)20)13(8)10-4-3-7-15-9(10)2/h3-7H,1-2H3,(H,17,18). The van der Waals surface area contributed by atoms with E-state index in [2.05, 4.69) is 9.72 Å². The minimum Gasteiger partial charge on any atom is -0.449 e. The minimum atomic E-state index is -1.47. The van der Waals surface area contributed by atoms with Gasteiger partial charge < -0.3 is 9.84 Å². The third-order valence-corrected chi connectivity index (χ3v) is 3.06. The van der Waals surface area contributed by atoms with Gasteiger partial charge in [0.15, 0.2) is 0 Å². The molecule has 0 aliphatic rings. The van der Waals surface area contributed by atoms with Gasteiger partial charge in [-0.3, -0.25) is 15.1 Å². The maximum atomic E-state index is 11.2. The Hall–Kier alpha value is -2.96. The molecule has 1 aromatic heterocycles. The molecular formula is C14H12N2O5. The summed E-state index contributed by atoms with van der Waals surface area (Å²) < 4.78 is 4.66. The van der Waals surface area contributed by atoms with E-state index in [-0.39, 0.29) is 11.4 Å². The lowest BCUT2D eigenvalue weighted by atomic mass is 9.97. The van der Waals surface area contributed by atoms with Crippen molar-refractivity contribution in [1.29, 1.82) is 0 Å². The van der Waals surface area contributed by atoms with Crippen LogP contribution in [0.1, 0.15) is 11.3 Å². The number of carbonyl (C=O) groups is 1. The minimum absolute atomic E-state index is 0.0614. The Morgan fingerprint density at radius 3 is 2.62 bits per heavy atom. The second kappa shape index (κ2) is 5.58. The van der Waals surface area contributed by atoms with Crippen LogP contribution in [-0.4, -0.2) is 21.2 Å². The molecule has 21 heavy (non-hydrogen) atoms. The van der Waals surface area contributed by atoms with Crippen molar-refractivity contribution >= 4 is 11.8 Å². The van der Waals surface area contributed by atoms with Gasteiger partial charge >= 0.3 is 6.16 Å². The number of hydrogen-bond acceptors (Lipinski definition) is 5. The second-order valence-corrected chi connectivity index (χ2v) is 4.34. The fourth-order valence-corrected chi connectivity index (χ4v) is 2.12. The van der Waals surface area contributed by atoms with Crippen LogP contribution in [0.4, 0.5) is 10.5 Å². The summed E-state index contributed by atoms with van der Waals surface area (Å²) in [5.41, 5.74) is 1.74. The number of rotatable bonds is 3. The summed E-state index contributed by atoms with van der Waals surface area (Å²) in [7, 11) is 0. The first-order chi connectivity index (χ1) is 9.91. The van der Waals surface area contributed by atoms with Crippen molar-refractivity contribution in [3.63, 3.8) is 0 Å². The molecule has 1 heterocycles. The Bertz CT molecular complexity index is 727. The Morgan fingerprint density at radius 2 is 2.05 bits per heavy atom. The van der Waals surface area contributed by atoms with Crippen LogP contribution in [0.15, 0.2) is 30.5 Å². The highest BCUT2D eigenvalue weighted by atomic mass is 16.7. The summed E-state index contributed by atoms with van der Waals surface area (Å²) >= 11 is 0. The van der Waals surface area contributed by atoms with Gasteiger partial charge in [-0.1, -0.05) is 6.07 Å². The third kappa shape index (κ3) is 2.81. The monoisotopic (exact) mass is 288 g/mol. The summed E-state index contributed by atoms with van der Waals surface area (Å²) in [4.78, 5) is 25.5. The van der Waals surface area contributed by atoms with E-state index in [1.54, 1.807) is 32.2 Å². The van der Waals surface area contributed by atoms with E-state index < -0.39 is 11.1 Å². The van der Waals surface area contributed by atoms with Crippen LogP contribution in [-0.2, 0) is 0 Å². The van der Waals surface area contributed by atoms with E-state index in [0.717, 1.165) is 0 Å². The lowest BCUT2D eigenvalue weighted by Crippen LogP contribution is -2.06. The van der Waals surface area contributed by atoms with E-state index in [4.69, 9.17) is 5.11 Å². The zero-order valence-electron chi connectivity index (χ0n) is 11.4. The molecular weight excluding hydrogens is 276 g/mol. The molecule has 0 fully saturated rings. The molecule has 1 N–H and O–H groups in total. The smallest absolute Gasteiger partial charge is 0.449 e. The normalized spacial score (nSPS) is 10.2. The fraction of sp³-hybridized carbons (Fsp3) is 0.143. The second-order valence-electron chi connectivity index (χ2n) is 4.34. The number of aromatic nitrogens is 1. The molecule has 0 atom stereocenters. The Labute approximate surface area is 120 Å². The first-order valence-corrected chi connectivity index (χ1v) is 6.02. The van der Waals surface area contributed by atoms with Crippen molar-refractivity contribution in [3.8, 4) is 16.9 Å². The quantitative estimate of drug-likeness (QED) is 0.402. The van der Waals surface area contributed by atoms with Gasteiger partial charge in [0.25, 0.3) is 5.69 Å².